The van der Waals surface area contributed by atoms with Crippen LogP contribution in [0.3, 0.4) is 0 Å². The zero-order valence-corrected chi connectivity index (χ0v) is 16.0. The van der Waals surface area contributed by atoms with E-state index in [4.69, 9.17) is 4.74 Å². The van der Waals surface area contributed by atoms with E-state index >= 15 is 0 Å². The monoisotopic (exact) mass is 388 g/mol. The molecule has 1 fully saturated rings. The summed E-state index contributed by atoms with van der Waals surface area (Å²) in [6, 6.07) is 13.4. The van der Waals surface area contributed by atoms with Gasteiger partial charge in [0.1, 0.15) is 11.6 Å². The molecule has 28 heavy (non-hydrogen) atoms. The lowest BCUT2D eigenvalue weighted by Gasteiger charge is -2.40. The molecule has 2 aromatic carbocycles. The third-order valence-electron chi connectivity index (χ3n) is 5.19. The lowest BCUT2D eigenvalue weighted by atomic mass is 9.88. The van der Waals surface area contributed by atoms with Crippen molar-refractivity contribution >= 4 is 5.91 Å². The van der Waals surface area contributed by atoms with E-state index in [1.165, 1.54) is 17.7 Å². The molecule has 2 atom stereocenters. The van der Waals surface area contributed by atoms with Gasteiger partial charge in [-0.2, -0.15) is 0 Å². The molecule has 0 unspecified atom stereocenters. The van der Waals surface area contributed by atoms with Gasteiger partial charge in [-0.05, 0) is 42.6 Å². The summed E-state index contributed by atoms with van der Waals surface area (Å²) in [5, 5.41) is 2.84. The fourth-order valence-electron chi connectivity index (χ4n) is 3.87. The average molecular weight is 388 g/mol. The summed E-state index contributed by atoms with van der Waals surface area (Å²) < 4.78 is 32.1. The molecular weight excluding hydrogens is 362 g/mol. The standard InChI is InChI=1S/C22H26F2N2O2/c1-28-15-21-20(8-5-9-26(21)14-16-6-3-2-4-7-16)22(27)25-13-17-10-18(23)12-19(24)11-17/h2-4,6-7,10-12,20-21H,5,8-9,13-15H2,1H3,(H,25,27)/t20-,21-/m1/s1. The predicted molar refractivity (Wildman–Crippen MR) is 103 cm³/mol. The van der Waals surface area contributed by atoms with Crippen LogP contribution in [0.2, 0.25) is 0 Å². The second-order valence-electron chi connectivity index (χ2n) is 7.22. The third kappa shape index (κ3) is 5.36. The Balaban J connectivity index is 1.66. The van der Waals surface area contributed by atoms with Gasteiger partial charge in [0.15, 0.2) is 0 Å². The highest BCUT2D eigenvalue weighted by Crippen LogP contribution is 2.26. The fraction of sp³-hybridized carbons (Fsp3) is 0.409. The van der Waals surface area contributed by atoms with Gasteiger partial charge >= 0.3 is 0 Å². The van der Waals surface area contributed by atoms with Crippen molar-refractivity contribution in [2.45, 2.75) is 32.0 Å². The van der Waals surface area contributed by atoms with Crippen molar-refractivity contribution in [3.05, 3.63) is 71.3 Å². The van der Waals surface area contributed by atoms with Gasteiger partial charge in [-0.15, -0.1) is 0 Å². The zero-order valence-electron chi connectivity index (χ0n) is 16.0. The van der Waals surface area contributed by atoms with Crippen LogP contribution in [-0.4, -0.2) is 37.1 Å². The summed E-state index contributed by atoms with van der Waals surface area (Å²) in [7, 11) is 1.64. The molecule has 0 radical (unpaired) electrons. The fourth-order valence-corrected chi connectivity index (χ4v) is 3.87. The van der Waals surface area contributed by atoms with Crippen molar-refractivity contribution in [1.29, 1.82) is 0 Å². The number of halogens is 2. The number of rotatable bonds is 7. The van der Waals surface area contributed by atoms with Gasteiger partial charge in [-0.3, -0.25) is 9.69 Å². The number of carbonyl (C=O) groups excluding carboxylic acids is 1. The quantitative estimate of drug-likeness (QED) is 0.789. The van der Waals surface area contributed by atoms with Crippen molar-refractivity contribution in [3.63, 3.8) is 0 Å². The normalized spacial score (nSPS) is 20.1. The predicted octanol–water partition coefficient (Wildman–Crippen LogP) is 3.51. The molecule has 6 heteroatoms. The van der Waals surface area contributed by atoms with Crippen LogP contribution in [0.4, 0.5) is 8.78 Å². The van der Waals surface area contributed by atoms with E-state index < -0.39 is 11.6 Å². The first-order valence-electron chi connectivity index (χ1n) is 9.56. The number of hydrogen-bond donors (Lipinski definition) is 1. The smallest absolute Gasteiger partial charge is 0.225 e. The number of nitrogens with zero attached hydrogens (tertiary/aromatic N) is 1. The van der Waals surface area contributed by atoms with Gasteiger partial charge in [0, 0.05) is 32.3 Å². The SMILES string of the molecule is COC[C@@H]1[C@H](C(=O)NCc2cc(F)cc(F)c2)CCCN1Cc1ccccc1. The summed E-state index contributed by atoms with van der Waals surface area (Å²) in [5.41, 5.74) is 1.60. The van der Waals surface area contributed by atoms with Crippen LogP contribution in [0.5, 0.6) is 0 Å². The number of amides is 1. The number of ether oxygens (including phenoxy) is 1. The highest BCUT2D eigenvalue weighted by Gasteiger charge is 2.35. The van der Waals surface area contributed by atoms with E-state index in [2.05, 4.69) is 22.3 Å². The Bertz CT molecular complexity index is 765. The second-order valence-corrected chi connectivity index (χ2v) is 7.22. The summed E-state index contributed by atoms with van der Waals surface area (Å²) in [4.78, 5) is 15.1. The molecule has 1 amide bonds. The summed E-state index contributed by atoms with van der Waals surface area (Å²) >= 11 is 0. The van der Waals surface area contributed by atoms with E-state index in [0.717, 1.165) is 32.0 Å². The molecule has 150 valence electrons. The van der Waals surface area contributed by atoms with Crippen molar-refractivity contribution < 1.29 is 18.3 Å². The molecule has 1 saturated heterocycles. The largest absolute Gasteiger partial charge is 0.383 e. The third-order valence-corrected chi connectivity index (χ3v) is 5.19. The summed E-state index contributed by atoms with van der Waals surface area (Å²) in [5.74, 6) is -1.62. The first kappa shape index (κ1) is 20.4. The molecule has 3 rings (SSSR count). The molecule has 0 aromatic heterocycles. The molecule has 2 aromatic rings. The van der Waals surface area contributed by atoms with Gasteiger partial charge in [0.25, 0.3) is 0 Å². The van der Waals surface area contributed by atoms with Gasteiger partial charge in [-0.25, -0.2) is 8.78 Å². The lowest BCUT2D eigenvalue weighted by molar-refractivity contribution is -0.130. The minimum absolute atomic E-state index is 0.0387. The first-order valence-corrected chi connectivity index (χ1v) is 9.56. The maximum absolute atomic E-state index is 13.4. The Labute approximate surface area is 164 Å². The Morgan fingerprint density at radius 2 is 1.86 bits per heavy atom. The van der Waals surface area contributed by atoms with E-state index in [1.807, 2.05) is 18.2 Å². The van der Waals surface area contributed by atoms with Gasteiger partial charge in [-0.1, -0.05) is 30.3 Å². The molecule has 1 N–H and O–H groups in total. The molecule has 0 bridgehead atoms. The molecule has 0 aliphatic carbocycles. The van der Waals surface area contributed by atoms with E-state index in [-0.39, 0.29) is 24.4 Å². The van der Waals surface area contributed by atoms with Crippen LogP contribution in [0.15, 0.2) is 48.5 Å². The van der Waals surface area contributed by atoms with Crippen molar-refractivity contribution in [3.8, 4) is 0 Å². The highest BCUT2D eigenvalue weighted by molar-refractivity contribution is 5.79. The minimum Gasteiger partial charge on any atom is -0.383 e. The summed E-state index contributed by atoms with van der Waals surface area (Å²) in [6.45, 7) is 2.22. The van der Waals surface area contributed by atoms with E-state index in [9.17, 15) is 13.6 Å². The Morgan fingerprint density at radius 1 is 1.14 bits per heavy atom. The van der Waals surface area contributed by atoms with Crippen LogP contribution >= 0.6 is 0 Å². The molecule has 0 saturated carbocycles. The van der Waals surface area contributed by atoms with Crippen LogP contribution in [0.1, 0.15) is 24.0 Å². The van der Waals surface area contributed by atoms with Crippen LogP contribution in [-0.2, 0) is 22.6 Å². The lowest BCUT2D eigenvalue weighted by Crippen LogP contribution is -2.52. The molecule has 1 aliphatic rings. The van der Waals surface area contributed by atoms with Gasteiger partial charge in [0.05, 0.1) is 12.5 Å². The number of likely N-dealkylation sites (tertiary alicyclic amines) is 1. The van der Waals surface area contributed by atoms with Gasteiger partial charge in [0.2, 0.25) is 5.91 Å². The topological polar surface area (TPSA) is 41.6 Å². The molecule has 1 aliphatic heterocycles. The molecule has 1 heterocycles. The van der Waals surface area contributed by atoms with Gasteiger partial charge < -0.3 is 10.1 Å². The average Bonchev–Trinajstić information content (AvgIpc) is 2.68. The van der Waals surface area contributed by atoms with E-state index in [0.29, 0.717) is 12.2 Å². The Kier molecular flexibility index (Phi) is 7.12. The van der Waals surface area contributed by atoms with Crippen molar-refractivity contribution in [2.75, 3.05) is 20.3 Å². The van der Waals surface area contributed by atoms with E-state index in [1.54, 1.807) is 7.11 Å². The maximum atomic E-state index is 13.4. The van der Waals surface area contributed by atoms with Crippen LogP contribution in [0.25, 0.3) is 0 Å². The number of piperidine rings is 1. The number of methoxy groups -OCH3 is 1. The Hall–Kier alpha value is -2.31. The van der Waals surface area contributed by atoms with Crippen molar-refractivity contribution in [1.82, 2.24) is 10.2 Å². The number of benzene rings is 2. The van der Waals surface area contributed by atoms with Crippen LogP contribution < -0.4 is 5.32 Å². The van der Waals surface area contributed by atoms with Crippen molar-refractivity contribution in [2.24, 2.45) is 5.92 Å². The molecule has 4 nitrogen and oxygen atoms in total. The number of carbonyl (C=O) groups is 1. The minimum atomic E-state index is -0.645. The second kappa shape index (κ2) is 9.75. The molecular formula is C22H26F2N2O2. The maximum Gasteiger partial charge on any atom is 0.225 e. The molecule has 0 spiro atoms. The highest BCUT2D eigenvalue weighted by atomic mass is 19.1. The van der Waals surface area contributed by atoms with Crippen LogP contribution in [0, 0.1) is 17.6 Å². The number of nitrogens with one attached hydrogen (secondary N) is 1. The first-order chi connectivity index (χ1) is 13.6. The summed E-state index contributed by atoms with van der Waals surface area (Å²) in [6.07, 6.45) is 1.68. The zero-order chi connectivity index (χ0) is 19.9. The Morgan fingerprint density at radius 3 is 2.54 bits per heavy atom. The number of hydrogen-bond acceptors (Lipinski definition) is 3.